The molecule has 2 aromatic rings. The van der Waals surface area contributed by atoms with E-state index in [0.717, 1.165) is 0 Å². The fraction of sp³-hybridized carbons (Fsp3) is 0.200. The summed E-state index contributed by atoms with van der Waals surface area (Å²) in [5.41, 5.74) is 0.739. The van der Waals surface area contributed by atoms with E-state index >= 15 is 0 Å². The van der Waals surface area contributed by atoms with Gasteiger partial charge in [-0.05, 0) is 36.4 Å². The maximum absolute atomic E-state index is 12.6. The molecule has 0 radical (unpaired) electrons. The zero-order valence-corrected chi connectivity index (χ0v) is 11.6. The van der Waals surface area contributed by atoms with Crippen molar-refractivity contribution in [1.82, 2.24) is 15.5 Å². The second kappa shape index (κ2) is 5.90. The van der Waals surface area contributed by atoms with Gasteiger partial charge in [0.2, 0.25) is 5.91 Å². The smallest absolute Gasteiger partial charge is 0.335 e. The number of nitrogens with zero attached hydrogens (tertiary/aromatic N) is 3. The molecule has 3 rings (SSSR count). The van der Waals surface area contributed by atoms with Crippen LogP contribution in [0.15, 0.2) is 42.6 Å². The summed E-state index contributed by atoms with van der Waals surface area (Å²) in [6.45, 7) is 1.26. The number of hydrogen-bond acceptors (Lipinski definition) is 5. The van der Waals surface area contributed by atoms with Crippen LogP contribution < -0.4 is 10.2 Å². The highest BCUT2D eigenvalue weighted by atomic mass is 16.4. The van der Waals surface area contributed by atoms with E-state index in [1.807, 2.05) is 0 Å². The molecule has 22 heavy (non-hydrogen) atoms. The minimum absolute atomic E-state index is 0.0812. The third-order valence-corrected chi connectivity index (χ3v) is 3.51. The van der Waals surface area contributed by atoms with E-state index in [2.05, 4.69) is 15.5 Å². The van der Waals surface area contributed by atoms with Crippen LogP contribution in [0.3, 0.4) is 0 Å². The molecule has 2 N–H and O–H groups in total. The monoisotopic (exact) mass is 298 g/mol. The first-order valence-corrected chi connectivity index (χ1v) is 6.82. The van der Waals surface area contributed by atoms with Gasteiger partial charge in [-0.2, -0.15) is 5.10 Å². The minimum atomic E-state index is -1.01. The molecule has 1 aromatic heterocycles. The van der Waals surface area contributed by atoms with Crippen molar-refractivity contribution in [3.8, 4) is 0 Å². The van der Waals surface area contributed by atoms with Gasteiger partial charge in [0.1, 0.15) is 0 Å². The van der Waals surface area contributed by atoms with Crippen LogP contribution in [0.25, 0.3) is 0 Å². The average molecular weight is 298 g/mol. The summed E-state index contributed by atoms with van der Waals surface area (Å²) >= 11 is 0. The van der Waals surface area contributed by atoms with Gasteiger partial charge in [0.15, 0.2) is 5.82 Å². The number of anilines is 2. The second-order valence-electron chi connectivity index (χ2n) is 4.96. The van der Waals surface area contributed by atoms with Crippen LogP contribution in [-0.2, 0) is 4.79 Å². The highest BCUT2D eigenvalue weighted by Gasteiger charge is 2.31. The van der Waals surface area contributed by atoms with E-state index in [4.69, 9.17) is 5.11 Å². The average Bonchev–Trinajstić information content (AvgIpc) is 2.47. The number of aromatic carboxylic acids is 1. The largest absolute Gasteiger partial charge is 0.478 e. The molecule has 7 heteroatoms. The summed E-state index contributed by atoms with van der Waals surface area (Å²) in [5, 5.41) is 19.8. The standard InChI is InChI=1S/C15H14N4O3/c20-14(11-8-16-9-11)19(13-2-1-7-17-18-13)12-5-3-10(4-6-12)15(21)22/h1-7,11,16H,8-9H2,(H,21,22). The van der Waals surface area contributed by atoms with Crippen LogP contribution in [0, 0.1) is 5.92 Å². The number of hydrogen-bond donors (Lipinski definition) is 2. The van der Waals surface area contributed by atoms with Gasteiger partial charge >= 0.3 is 5.97 Å². The van der Waals surface area contributed by atoms with Crippen molar-refractivity contribution in [2.45, 2.75) is 0 Å². The van der Waals surface area contributed by atoms with Crippen LogP contribution in [-0.4, -0.2) is 40.3 Å². The molecule has 2 heterocycles. The maximum atomic E-state index is 12.6. The van der Waals surface area contributed by atoms with Crippen molar-refractivity contribution in [1.29, 1.82) is 0 Å². The van der Waals surface area contributed by atoms with Gasteiger partial charge in [-0.3, -0.25) is 9.69 Å². The van der Waals surface area contributed by atoms with Gasteiger partial charge in [0.05, 0.1) is 17.2 Å². The number of carboxylic acids is 1. The van der Waals surface area contributed by atoms with Gasteiger partial charge in [-0.15, -0.1) is 5.10 Å². The molecule has 0 unspecified atom stereocenters. The van der Waals surface area contributed by atoms with E-state index in [-0.39, 0.29) is 17.4 Å². The zero-order valence-electron chi connectivity index (χ0n) is 11.6. The number of rotatable bonds is 4. The number of nitrogens with one attached hydrogen (secondary N) is 1. The molecule has 0 spiro atoms. The number of amides is 1. The zero-order chi connectivity index (χ0) is 15.5. The van der Waals surface area contributed by atoms with E-state index in [1.54, 1.807) is 24.3 Å². The summed E-state index contributed by atoms with van der Waals surface area (Å²) < 4.78 is 0. The molecular formula is C15H14N4O3. The third-order valence-electron chi connectivity index (χ3n) is 3.51. The summed E-state index contributed by atoms with van der Waals surface area (Å²) in [6, 6.07) is 9.53. The van der Waals surface area contributed by atoms with Crippen molar-refractivity contribution < 1.29 is 14.7 Å². The van der Waals surface area contributed by atoms with Gasteiger partial charge in [0, 0.05) is 19.3 Å². The lowest BCUT2D eigenvalue weighted by molar-refractivity contribution is -0.123. The molecule has 1 amide bonds. The first kappa shape index (κ1) is 14.2. The van der Waals surface area contributed by atoms with E-state index in [9.17, 15) is 9.59 Å². The van der Waals surface area contributed by atoms with Crippen molar-refractivity contribution in [2.75, 3.05) is 18.0 Å². The Morgan fingerprint density at radius 2 is 1.91 bits per heavy atom. The van der Waals surface area contributed by atoms with Gasteiger partial charge < -0.3 is 10.4 Å². The van der Waals surface area contributed by atoms with Crippen molar-refractivity contribution in [3.05, 3.63) is 48.2 Å². The van der Waals surface area contributed by atoms with Gasteiger partial charge in [0.25, 0.3) is 0 Å². The van der Waals surface area contributed by atoms with Gasteiger partial charge in [-0.25, -0.2) is 4.79 Å². The fourth-order valence-electron chi connectivity index (χ4n) is 2.18. The number of carbonyl (C=O) groups excluding carboxylic acids is 1. The molecule has 1 fully saturated rings. The highest BCUT2D eigenvalue weighted by molar-refractivity contribution is 6.02. The van der Waals surface area contributed by atoms with Crippen molar-refractivity contribution in [2.24, 2.45) is 5.92 Å². The van der Waals surface area contributed by atoms with E-state index in [1.165, 1.54) is 23.2 Å². The summed E-state index contributed by atoms with van der Waals surface area (Å²) in [6.07, 6.45) is 1.53. The lowest BCUT2D eigenvalue weighted by Crippen LogP contribution is -2.51. The Labute approximate surface area is 126 Å². The Morgan fingerprint density at radius 3 is 2.41 bits per heavy atom. The van der Waals surface area contributed by atoms with Gasteiger partial charge in [-0.1, -0.05) is 0 Å². The van der Waals surface area contributed by atoms with Crippen LogP contribution in [0.5, 0.6) is 0 Å². The second-order valence-corrected chi connectivity index (χ2v) is 4.96. The first-order chi connectivity index (χ1) is 10.7. The molecule has 112 valence electrons. The number of carbonyl (C=O) groups is 2. The normalized spacial score (nSPS) is 14.2. The number of aromatic nitrogens is 2. The van der Waals surface area contributed by atoms with Crippen molar-refractivity contribution >= 4 is 23.4 Å². The predicted molar refractivity (Wildman–Crippen MR) is 78.9 cm³/mol. The Balaban J connectivity index is 1.97. The Bertz CT molecular complexity index is 684. The lowest BCUT2D eigenvalue weighted by Gasteiger charge is -2.31. The number of carboxylic acid groups (broad SMARTS) is 1. The molecule has 7 nitrogen and oxygen atoms in total. The molecular weight excluding hydrogens is 284 g/mol. The highest BCUT2D eigenvalue weighted by Crippen LogP contribution is 2.26. The Morgan fingerprint density at radius 1 is 1.18 bits per heavy atom. The van der Waals surface area contributed by atoms with Crippen molar-refractivity contribution in [3.63, 3.8) is 0 Å². The topological polar surface area (TPSA) is 95.4 Å². The SMILES string of the molecule is O=C(O)c1ccc(N(C(=O)C2CNC2)c2cccnn2)cc1. The lowest BCUT2D eigenvalue weighted by atomic mass is 10.0. The molecule has 0 atom stereocenters. The number of benzene rings is 1. The van der Waals surface area contributed by atoms with E-state index in [0.29, 0.717) is 24.6 Å². The molecule has 1 aliphatic rings. The maximum Gasteiger partial charge on any atom is 0.335 e. The Hall–Kier alpha value is -2.80. The molecule has 0 bridgehead atoms. The minimum Gasteiger partial charge on any atom is -0.478 e. The Kier molecular flexibility index (Phi) is 3.80. The molecule has 0 aliphatic carbocycles. The molecule has 0 saturated carbocycles. The van der Waals surface area contributed by atoms with Crippen LogP contribution in [0.4, 0.5) is 11.5 Å². The predicted octanol–water partition coefficient (Wildman–Crippen LogP) is 1.06. The first-order valence-electron chi connectivity index (χ1n) is 6.82. The quantitative estimate of drug-likeness (QED) is 0.876. The van der Waals surface area contributed by atoms with Crippen LogP contribution in [0.1, 0.15) is 10.4 Å². The van der Waals surface area contributed by atoms with Crippen LogP contribution in [0.2, 0.25) is 0 Å². The van der Waals surface area contributed by atoms with E-state index < -0.39 is 5.97 Å². The molecule has 1 aromatic carbocycles. The fourth-order valence-corrected chi connectivity index (χ4v) is 2.18. The third kappa shape index (κ3) is 2.66. The molecule has 1 aliphatic heterocycles. The summed E-state index contributed by atoms with van der Waals surface area (Å²) in [7, 11) is 0. The van der Waals surface area contributed by atoms with Crippen LogP contribution >= 0.6 is 0 Å². The molecule has 1 saturated heterocycles. The summed E-state index contributed by atoms with van der Waals surface area (Å²) in [4.78, 5) is 25.1. The summed E-state index contributed by atoms with van der Waals surface area (Å²) in [5.74, 6) is -0.780.